The van der Waals surface area contributed by atoms with Crippen molar-refractivity contribution in [2.24, 2.45) is 0 Å². The van der Waals surface area contributed by atoms with Crippen molar-refractivity contribution in [2.45, 2.75) is 26.5 Å². The Hall–Kier alpha value is -1.61. The molecule has 0 fully saturated rings. The SMILES string of the molecule is CC(C)N(C)c1ncc(CO)c2ccccc12. The highest BCUT2D eigenvalue weighted by atomic mass is 16.3. The molecule has 3 nitrogen and oxygen atoms in total. The molecule has 0 amide bonds. The summed E-state index contributed by atoms with van der Waals surface area (Å²) in [6.07, 6.45) is 1.76. The Morgan fingerprint density at radius 1 is 1.24 bits per heavy atom. The molecular weight excluding hydrogens is 212 g/mol. The molecule has 0 aliphatic rings. The van der Waals surface area contributed by atoms with Gasteiger partial charge >= 0.3 is 0 Å². The number of aliphatic hydroxyl groups is 1. The van der Waals surface area contributed by atoms with E-state index < -0.39 is 0 Å². The Kier molecular flexibility index (Phi) is 3.29. The second kappa shape index (κ2) is 4.72. The average Bonchev–Trinajstić information content (AvgIpc) is 2.36. The van der Waals surface area contributed by atoms with Crippen LogP contribution in [-0.2, 0) is 6.61 Å². The maximum atomic E-state index is 9.32. The van der Waals surface area contributed by atoms with Gasteiger partial charge in [-0.3, -0.25) is 0 Å². The molecule has 0 saturated heterocycles. The number of rotatable bonds is 3. The third kappa shape index (κ3) is 2.11. The molecule has 17 heavy (non-hydrogen) atoms. The molecule has 2 rings (SSSR count). The Labute approximate surface area is 102 Å². The minimum absolute atomic E-state index is 0.0270. The quantitative estimate of drug-likeness (QED) is 0.880. The fourth-order valence-corrected chi connectivity index (χ4v) is 1.89. The number of hydrogen-bond acceptors (Lipinski definition) is 3. The lowest BCUT2D eigenvalue weighted by atomic mass is 10.1. The topological polar surface area (TPSA) is 36.4 Å². The van der Waals surface area contributed by atoms with E-state index >= 15 is 0 Å². The molecule has 0 saturated carbocycles. The molecule has 3 heteroatoms. The van der Waals surface area contributed by atoms with Crippen molar-refractivity contribution in [2.75, 3.05) is 11.9 Å². The van der Waals surface area contributed by atoms with E-state index in [1.807, 2.05) is 25.2 Å². The normalized spacial score (nSPS) is 11.1. The maximum Gasteiger partial charge on any atom is 0.136 e. The van der Waals surface area contributed by atoms with Gasteiger partial charge < -0.3 is 10.0 Å². The molecule has 1 aromatic heterocycles. The van der Waals surface area contributed by atoms with Crippen LogP contribution in [0.2, 0.25) is 0 Å². The first kappa shape index (κ1) is 11.9. The van der Waals surface area contributed by atoms with Crippen molar-refractivity contribution in [1.29, 1.82) is 0 Å². The second-order valence-electron chi connectivity index (χ2n) is 4.52. The standard InChI is InChI=1S/C14H18N2O/c1-10(2)16(3)14-13-7-5-4-6-12(13)11(9-17)8-15-14/h4-8,10,17H,9H2,1-3H3. The van der Waals surface area contributed by atoms with Gasteiger partial charge in [0, 0.05) is 30.2 Å². The number of hydrogen-bond donors (Lipinski definition) is 1. The van der Waals surface area contributed by atoms with Gasteiger partial charge in [-0.05, 0) is 19.2 Å². The van der Waals surface area contributed by atoms with E-state index in [0.29, 0.717) is 6.04 Å². The molecule has 0 aliphatic carbocycles. The van der Waals surface area contributed by atoms with Crippen LogP contribution in [0.25, 0.3) is 10.8 Å². The Morgan fingerprint density at radius 3 is 2.47 bits per heavy atom. The van der Waals surface area contributed by atoms with E-state index in [0.717, 1.165) is 22.2 Å². The van der Waals surface area contributed by atoms with Crippen LogP contribution in [0, 0.1) is 0 Å². The predicted octanol–water partition coefficient (Wildman–Crippen LogP) is 2.57. The van der Waals surface area contributed by atoms with Crippen molar-refractivity contribution >= 4 is 16.6 Å². The van der Waals surface area contributed by atoms with Crippen LogP contribution in [0.15, 0.2) is 30.5 Å². The molecule has 0 aliphatic heterocycles. The van der Waals surface area contributed by atoms with Gasteiger partial charge in [0.1, 0.15) is 5.82 Å². The number of pyridine rings is 1. The molecule has 0 unspecified atom stereocenters. The molecule has 0 spiro atoms. The summed E-state index contributed by atoms with van der Waals surface area (Å²) < 4.78 is 0. The summed E-state index contributed by atoms with van der Waals surface area (Å²) in [5.74, 6) is 0.966. The lowest BCUT2D eigenvalue weighted by Crippen LogP contribution is -2.26. The number of fused-ring (bicyclic) bond motifs is 1. The van der Waals surface area contributed by atoms with Crippen molar-refractivity contribution in [3.05, 3.63) is 36.0 Å². The van der Waals surface area contributed by atoms with Crippen molar-refractivity contribution in [3.63, 3.8) is 0 Å². The Bertz CT molecular complexity index is 523. The van der Waals surface area contributed by atoms with Crippen LogP contribution < -0.4 is 4.90 Å². The molecule has 0 bridgehead atoms. The first-order valence-corrected chi connectivity index (χ1v) is 5.85. The first-order valence-electron chi connectivity index (χ1n) is 5.85. The molecular formula is C14H18N2O. The highest BCUT2D eigenvalue weighted by molar-refractivity contribution is 5.94. The molecule has 90 valence electrons. The minimum Gasteiger partial charge on any atom is -0.392 e. The Balaban J connectivity index is 2.66. The zero-order valence-electron chi connectivity index (χ0n) is 10.5. The molecule has 0 atom stereocenters. The van der Waals surface area contributed by atoms with E-state index in [-0.39, 0.29) is 6.61 Å². The first-order chi connectivity index (χ1) is 8.15. The monoisotopic (exact) mass is 230 g/mol. The number of aromatic nitrogens is 1. The zero-order chi connectivity index (χ0) is 12.4. The third-order valence-electron chi connectivity index (χ3n) is 3.14. The number of benzene rings is 1. The van der Waals surface area contributed by atoms with E-state index in [9.17, 15) is 5.11 Å². The van der Waals surface area contributed by atoms with Gasteiger partial charge in [-0.25, -0.2) is 4.98 Å². The fraction of sp³-hybridized carbons (Fsp3) is 0.357. The third-order valence-corrected chi connectivity index (χ3v) is 3.14. The largest absolute Gasteiger partial charge is 0.392 e. The number of nitrogens with zero attached hydrogens (tertiary/aromatic N) is 2. The van der Waals surface area contributed by atoms with Gasteiger partial charge in [0.15, 0.2) is 0 Å². The predicted molar refractivity (Wildman–Crippen MR) is 71.2 cm³/mol. The van der Waals surface area contributed by atoms with Crippen LogP contribution in [-0.4, -0.2) is 23.2 Å². The van der Waals surface area contributed by atoms with Gasteiger partial charge in [-0.15, -0.1) is 0 Å². The van der Waals surface area contributed by atoms with E-state index in [4.69, 9.17) is 0 Å². The molecule has 2 aromatic rings. The maximum absolute atomic E-state index is 9.32. The van der Waals surface area contributed by atoms with Crippen LogP contribution in [0.1, 0.15) is 19.4 Å². The number of aliphatic hydroxyl groups excluding tert-OH is 1. The summed E-state index contributed by atoms with van der Waals surface area (Å²) in [6.45, 7) is 4.30. The summed E-state index contributed by atoms with van der Waals surface area (Å²) >= 11 is 0. The van der Waals surface area contributed by atoms with Crippen LogP contribution in [0.3, 0.4) is 0 Å². The van der Waals surface area contributed by atoms with Gasteiger partial charge in [-0.2, -0.15) is 0 Å². The van der Waals surface area contributed by atoms with Crippen LogP contribution in [0.5, 0.6) is 0 Å². The fourth-order valence-electron chi connectivity index (χ4n) is 1.89. The second-order valence-corrected chi connectivity index (χ2v) is 4.52. The molecule has 1 N–H and O–H groups in total. The van der Waals surface area contributed by atoms with Crippen molar-refractivity contribution in [3.8, 4) is 0 Å². The zero-order valence-corrected chi connectivity index (χ0v) is 10.5. The smallest absolute Gasteiger partial charge is 0.136 e. The van der Waals surface area contributed by atoms with Gasteiger partial charge in [-0.1, -0.05) is 24.3 Å². The highest BCUT2D eigenvalue weighted by Gasteiger charge is 2.12. The van der Waals surface area contributed by atoms with E-state index in [1.165, 1.54) is 0 Å². The number of anilines is 1. The lowest BCUT2D eigenvalue weighted by molar-refractivity contribution is 0.283. The minimum atomic E-state index is 0.0270. The van der Waals surface area contributed by atoms with Gasteiger partial charge in [0.05, 0.1) is 6.61 Å². The van der Waals surface area contributed by atoms with E-state index in [2.05, 4.69) is 29.8 Å². The summed E-state index contributed by atoms with van der Waals surface area (Å²) in [5.41, 5.74) is 0.876. The summed E-state index contributed by atoms with van der Waals surface area (Å²) in [5, 5.41) is 11.5. The molecule has 0 radical (unpaired) electrons. The van der Waals surface area contributed by atoms with Gasteiger partial charge in [0.25, 0.3) is 0 Å². The summed E-state index contributed by atoms with van der Waals surface area (Å²) in [4.78, 5) is 6.61. The van der Waals surface area contributed by atoms with Crippen LogP contribution in [0.4, 0.5) is 5.82 Å². The van der Waals surface area contributed by atoms with Crippen LogP contribution >= 0.6 is 0 Å². The average molecular weight is 230 g/mol. The molecule has 1 aromatic carbocycles. The summed E-state index contributed by atoms with van der Waals surface area (Å²) in [7, 11) is 2.04. The lowest BCUT2D eigenvalue weighted by Gasteiger charge is -2.24. The highest BCUT2D eigenvalue weighted by Crippen LogP contribution is 2.27. The van der Waals surface area contributed by atoms with Crippen molar-refractivity contribution < 1.29 is 5.11 Å². The Morgan fingerprint density at radius 2 is 1.88 bits per heavy atom. The molecule has 1 heterocycles. The van der Waals surface area contributed by atoms with E-state index in [1.54, 1.807) is 6.20 Å². The van der Waals surface area contributed by atoms with Crippen molar-refractivity contribution in [1.82, 2.24) is 4.98 Å². The van der Waals surface area contributed by atoms with Gasteiger partial charge in [0.2, 0.25) is 0 Å². The summed E-state index contributed by atoms with van der Waals surface area (Å²) in [6, 6.07) is 8.46.